The van der Waals surface area contributed by atoms with Gasteiger partial charge < -0.3 is 9.84 Å². The topological polar surface area (TPSA) is 94.1 Å². The number of hydrogen-bond acceptors (Lipinski definition) is 8. The first-order valence-electron chi connectivity index (χ1n) is 15.1. The Labute approximate surface area is 277 Å². The molecule has 0 aromatic heterocycles. The van der Waals surface area contributed by atoms with Crippen molar-refractivity contribution in [2.75, 3.05) is 58.2 Å². The van der Waals surface area contributed by atoms with Gasteiger partial charge in [0.15, 0.2) is 9.84 Å². The molecule has 2 fully saturated rings. The van der Waals surface area contributed by atoms with Crippen LogP contribution in [0, 0.1) is 0 Å². The van der Waals surface area contributed by atoms with Crippen LogP contribution in [0.25, 0.3) is 0 Å². The van der Waals surface area contributed by atoms with Gasteiger partial charge >= 0.3 is 6.18 Å². The maximum Gasteiger partial charge on any atom is 0.416 e. The summed E-state index contributed by atoms with van der Waals surface area (Å²) < 4.78 is 76.7. The summed E-state index contributed by atoms with van der Waals surface area (Å²) in [5, 5.41) is 16.9. The van der Waals surface area contributed by atoms with Crippen molar-refractivity contribution in [2.45, 2.75) is 30.2 Å². The fourth-order valence-electron chi connectivity index (χ4n) is 6.09. The molecular formula is C32H37Cl2F3N4O4S. The first kappa shape index (κ1) is 34.9. The second kappa shape index (κ2) is 14.4. The lowest BCUT2D eigenvalue weighted by Crippen LogP contribution is -2.56. The van der Waals surface area contributed by atoms with E-state index in [9.17, 15) is 26.7 Å². The van der Waals surface area contributed by atoms with E-state index in [-0.39, 0.29) is 36.8 Å². The summed E-state index contributed by atoms with van der Waals surface area (Å²) in [6.07, 6.45) is -4.66. The van der Waals surface area contributed by atoms with E-state index in [1.165, 1.54) is 6.07 Å². The van der Waals surface area contributed by atoms with Crippen LogP contribution < -0.4 is 15.4 Å². The number of β-amino-alcohol motifs (C(OH)–C–C–N with tert-alkyl or cyclic N) is 1. The molecule has 2 saturated heterocycles. The largest absolute Gasteiger partial charge is 0.493 e. The van der Waals surface area contributed by atoms with E-state index in [0.717, 1.165) is 23.3 Å². The van der Waals surface area contributed by atoms with Crippen LogP contribution in [0.3, 0.4) is 0 Å². The van der Waals surface area contributed by atoms with Crippen molar-refractivity contribution in [1.29, 1.82) is 0 Å². The number of alkyl halides is 3. The zero-order chi connectivity index (χ0) is 33.1. The number of benzene rings is 3. The molecule has 14 heteroatoms. The van der Waals surface area contributed by atoms with E-state index in [0.29, 0.717) is 42.8 Å². The lowest BCUT2D eigenvalue weighted by Gasteiger charge is -2.36. The molecule has 0 amide bonds. The third kappa shape index (κ3) is 7.50. The van der Waals surface area contributed by atoms with Crippen molar-refractivity contribution >= 4 is 33.0 Å². The standard InChI is InChI=1S/C32H37Cl2F3N4O4S/c1-2-45-28-21-24(31(35,36)37)7-12-27(28)32(46(43,44)20-18-41-15-13-40(14-16-41)17-19-42)38-29(22-3-8-25(33)9-4-22)30(39-32)23-5-10-26(34)11-6-23/h3-12,21,29-30,38-39,42H,2,13-20H2,1H3. The maximum absolute atomic E-state index is 14.7. The smallest absolute Gasteiger partial charge is 0.416 e. The van der Waals surface area contributed by atoms with E-state index in [2.05, 4.69) is 15.5 Å². The van der Waals surface area contributed by atoms with Crippen LogP contribution >= 0.6 is 23.2 Å². The molecule has 2 aliphatic heterocycles. The molecule has 0 spiro atoms. The van der Waals surface area contributed by atoms with Gasteiger partial charge in [0.2, 0.25) is 4.99 Å². The van der Waals surface area contributed by atoms with Crippen molar-refractivity contribution in [2.24, 2.45) is 0 Å². The zero-order valence-electron chi connectivity index (χ0n) is 25.2. The molecule has 2 aliphatic rings. The average Bonchev–Trinajstić information content (AvgIpc) is 3.44. The number of aliphatic hydroxyl groups is 1. The van der Waals surface area contributed by atoms with Crippen LogP contribution in [0.4, 0.5) is 13.2 Å². The molecule has 0 radical (unpaired) electrons. The average molecular weight is 702 g/mol. The predicted octanol–water partition coefficient (Wildman–Crippen LogP) is 5.22. The van der Waals surface area contributed by atoms with Gasteiger partial charge in [0.25, 0.3) is 0 Å². The summed E-state index contributed by atoms with van der Waals surface area (Å²) in [6, 6.07) is 15.6. The number of hydrogen-bond donors (Lipinski definition) is 3. The van der Waals surface area contributed by atoms with Gasteiger partial charge in [0.1, 0.15) is 5.75 Å². The van der Waals surface area contributed by atoms with E-state index in [4.69, 9.17) is 27.9 Å². The Morgan fingerprint density at radius 1 is 0.870 bits per heavy atom. The van der Waals surface area contributed by atoms with Crippen molar-refractivity contribution in [3.8, 4) is 5.75 Å². The second-order valence-electron chi connectivity index (χ2n) is 11.4. The maximum atomic E-state index is 14.7. The summed E-state index contributed by atoms with van der Waals surface area (Å²) >= 11 is 12.4. The molecule has 2 heterocycles. The number of nitrogens with zero attached hydrogens (tertiary/aromatic N) is 2. The molecule has 3 N–H and O–H groups in total. The Morgan fingerprint density at radius 2 is 1.37 bits per heavy atom. The first-order chi connectivity index (χ1) is 21.9. The van der Waals surface area contributed by atoms with Gasteiger partial charge in [0.05, 0.1) is 36.6 Å². The van der Waals surface area contributed by atoms with Crippen LogP contribution in [-0.4, -0.2) is 81.6 Å². The van der Waals surface area contributed by atoms with Gasteiger partial charge in [-0.3, -0.25) is 20.4 Å². The number of piperazine rings is 1. The second-order valence-corrected chi connectivity index (χ2v) is 14.5. The highest BCUT2D eigenvalue weighted by atomic mass is 35.5. The van der Waals surface area contributed by atoms with E-state index in [1.807, 2.05) is 4.90 Å². The third-order valence-electron chi connectivity index (χ3n) is 8.52. The lowest BCUT2D eigenvalue weighted by molar-refractivity contribution is -0.137. The van der Waals surface area contributed by atoms with Crippen LogP contribution in [-0.2, 0) is 21.0 Å². The Kier molecular flexibility index (Phi) is 10.9. The summed E-state index contributed by atoms with van der Waals surface area (Å²) in [4.78, 5) is 2.11. The predicted molar refractivity (Wildman–Crippen MR) is 173 cm³/mol. The number of halogens is 5. The number of nitrogens with one attached hydrogen (secondary N) is 2. The highest BCUT2D eigenvalue weighted by Crippen LogP contribution is 2.47. The van der Waals surface area contributed by atoms with Crippen LogP contribution in [0.2, 0.25) is 10.0 Å². The minimum atomic E-state index is -4.66. The van der Waals surface area contributed by atoms with Gasteiger partial charge in [-0.1, -0.05) is 53.5 Å². The molecule has 8 nitrogen and oxygen atoms in total. The minimum absolute atomic E-state index is 0.0176. The fraction of sp³-hybridized carbons (Fsp3) is 0.438. The van der Waals surface area contributed by atoms with Gasteiger partial charge in [-0.2, -0.15) is 13.2 Å². The number of sulfone groups is 1. The quantitative estimate of drug-likeness (QED) is 0.251. The molecule has 0 saturated carbocycles. The molecule has 250 valence electrons. The van der Waals surface area contributed by atoms with Gasteiger partial charge in [-0.25, -0.2) is 8.42 Å². The van der Waals surface area contributed by atoms with Crippen LogP contribution in [0.5, 0.6) is 5.75 Å². The van der Waals surface area contributed by atoms with E-state index >= 15 is 0 Å². The summed E-state index contributed by atoms with van der Waals surface area (Å²) in [5.41, 5.74) is 0.526. The molecule has 5 rings (SSSR count). The van der Waals surface area contributed by atoms with Crippen LogP contribution in [0.1, 0.15) is 41.3 Å². The molecule has 2 unspecified atom stereocenters. The Hall–Kier alpha value is -2.42. The highest BCUT2D eigenvalue weighted by molar-refractivity contribution is 7.92. The molecule has 3 aromatic carbocycles. The SMILES string of the molecule is CCOc1cc(C(F)(F)F)ccc1C1(S(=O)(=O)CCN2CCN(CCO)CC2)NC(c2ccc(Cl)cc2)C(c2ccc(Cl)cc2)N1. The van der Waals surface area contributed by atoms with E-state index in [1.54, 1.807) is 55.5 Å². The Morgan fingerprint density at radius 3 is 1.83 bits per heavy atom. The molecule has 2 atom stereocenters. The van der Waals surface area contributed by atoms with Crippen molar-refractivity contribution in [3.63, 3.8) is 0 Å². The summed E-state index contributed by atoms with van der Waals surface area (Å²) in [6.45, 7) is 5.07. The van der Waals surface area contributed by atoms with Crippen molar-refractivity contribution in [3.05, 3.63) is 99.0 Å². The summed E-state index contributed by atoms with van der Waals surface area (Å²) in [7, 11) is -4.22. The Balaban J connectivity index is 1.61. The van der Waals surface area contributed by atoms with Gasteiger partial charge in [0, 0.05) is 54.9 Å². The first-order valence-corrected chi connectivity index (χ1v) is 17.5. The van der Waals surface area contributed by atoms with Crippen molar-refractivity contribution < 1.29 is 31.4 Å². The lowest BCUT2D eigenvalue weighted by atomic mass is 9.95. The monoisotopic (exact) mass is 700 g/mol. The third-order valence-corrected chi connectivity index (χ3v) is 11.1. The van der Waals surface area contributed by atoms with Gasteiger partial charge in [-0.15, -0.1) is 0 Å². The molecule has 0 aliphatic carbocycles. The molecule has 0 bridgehead atoms. The zero-order valence-corrected chi connectivity index (χ0v) is 27.6. The minimum Gasteiger partial charge on any atom is -0.493 e. The van der Waals surface area contributed by atoms with Crippen LogP contribution in [0.15, 0.2) is 66.7 Å². The highest BCUT2D eigenvalue weighted by Gasteiger charge is 2.56. The molecule has 46 heavy (non-hydrogen) atoms. The fourth-order valence-corrected chi connectivity index (χ4v) is 8.26. The van der Waals surface area contributed by atoms with E-state index < -0.39 is 38.7 Å². The van der Waals surface area contributed by atoms with Gasteiger partial charge in [-0.05, 0) is 54.4 Å². The number of rotatable bonds is 11. The van der Waals surface area contributed by atoms with Crippen molar-refractivity contribution in [1.82, 2.24) is 20.4 Å². The molecule has 3 aromatic rings. The number of ether oxygens (including phenoxy) is 1. The molecular weight excluding hydrogens is 664 g/mol. The number of aliphatic hydroxyl groups excluding tert-OH is 1. The Bertz CT molecular complexity index is 1530. The normalized spacial score (nSPS) is 23.1. The summed E-state index contributed by atoms with van der Waals surface area (Å²) in [5.74, 6) is -0.481.